The van der Waals surface area contributed by atoms with Gasteiger partial charge in [0.15, 0.2) is 0 Å². The van der Waals surface area contributed by atoms with Gasteiger partial charge in [-0.1, -0.05) is 11.2 Å². The number of rotatable bonds is 4. The summed E-state index contributed by atoms with van der Waals surface area (Å²) in [5.41, 5.74) is 0.117. The van der Waals surface area contributed by atoms with Crippen molar-refractivity contribution in [2.45, 2.75) is 6.61 Å². The van der Waals surface area contributed by atoms with E-state index in [2.05, 4.69) is 5.10 Å². The number of nitrogens with one attached hydrogen (secondary N) is 1. The molecule has 1 heterocycles. The van der Waals surface area contributed by atoms with Crippen LogP contribution in [0.15, 0.2) is 30.5 Å². The zero-order valence-electron chi connectivity index (χ0n) is 9.51. The molecule has 0 saturated carbocycles. The quantitative estimate of drug-likeness (QED) is 0.662. The Bertz CT molecular complexity index is 603. The molecule has 0 atom stereocenters. The van der Waals surface area contributed by atoms with Crippen molar-refractivity contribution in [2.75, 3.05) is 0 Å². The normalized spacial score (nSPS) is 10.2. The lowest BCUT2D eigenvalue weighted by Crippen LogP contribution is -2.17. The molecular weight excluding hydrogens is 277 g/mol. The molecule has 2 rings (SSSR count). The smallest absolute Gasteiger partial charge is 0.266 e. The SMILES string of the molecule is O=C(NCl)c1cccc(F)c1COc1ccn(O)n1. The second-order valence-corrected chi connectivity index (χ2v) is 3.74. The van der Waals surface area contributed by atoms with Crippen molar-refractivity contribution >= 4 is 17.7 Å². The van der Waals surface area contributed by atoms with Crippen molar-refractivity contribution in [3.05, 3.63) is 47.4 Å². The Hall–Kier alpha value is -2.28. The van der Waals surface area contributed by atoms with E-state index in [0.717, 1.165) is 0 Å². The zero-order valence-corrected chi connectivity index (χ0v) is 10.3. The summed E-state index contributed by atoms with van der Waals surface area (Å²) in [7, 11) is 0. The maximum atomic E-state index is 13.7. The van der Waals surface area contributed by atoms with Crippen LogP contribution in [0.25, 0.3) is 0 Å². The second kappa shape index (κ2) is 5.57. The summed E-state index contributed by atoms with van der Waals surface area (Å²) < 4.78 is 18.9. The molecule has 1 amide bonds. The van der Waals surface area contributed by atoms with E-state index < -0.39 is 11.7 Å². The molecule has 6 nitrogen and oxygen atoms in total. The predicted octanol–water partition coefficient (Wildman–Crippen LogP) is 1.72. The molecule has 0 bridgehead atoms. The minimum absolute atomic E-state index is 0.0492. The van der Waals surface area contributed by atoms with E-state index in [0.29, 0.717) is 4.85 Å². The standard InChI is InChI=1S/C11H9ClFN3O3/c12-14-11(17)7-2-1-3-9(13)8(7)6-19-10-4-5-16(18)15-10/h1-5,18H,6H2,(H,14,17). The minimum Gasteiger partial charge on any atom is -0.472 e. The van der Waals surface area contributed by atoms with Crippen LogP contribution in [0, 0.1) is 5.82 Å². The first-order valence-corrected chi connectivity index (χ1v) is 5.55. The highest BCUT2D eigenvalue weighted by Gasteiger charge is 2.15. The maximum Gasteiger partial charge on any atom is 0.266 e. The predicted molar refractivity (Wildman–Crippen MR) is 63.5 cm³/mol. The van der Waals surface area contributed by atoms with Gasteiger partial charge in [-0.15, -0.1) is 4.85 Å². The van der Waals surface area contributed by atoms with E-state index in [1.807, 2.05) is 4.84 Å². The van der Waals surface area contributed by atoms with Crippen LogP contribution >= 0.6 is 11.8 Å². The molecule has 0 aliphatic carbocycles. The van der Waals surface area contributed by atoms with Crippen LogP contribution < -0.4 is 9.57 Å². The highest BCUT2D eigenvalue weighted by Crippen LogP contribution is 2.17. The van der Waals surface area contributed by atoms with Gasteiger partial charge in [-0.25, -0.2) is 4.39 Å². The van der Waals surface area contributed by atoms with Gasteiger partial charge in [0.25, 0.3) is 5.91 Å². The van der Waals surface area contributed by atoms with E-state index in [9.17, 15) is 9.18 Å². The molecule has 0 fully saturated rings. The molecule has 0 aliphatic rings. The lowest BCUT2D eigenvalue weighted by Gasteiger charge is -2.09. The fourth-order valence-electron chi connectivity index (χ4n) is 1.49. The second-order valence-electron chi connectivity index (χ2n) is 3.55. The number of halogens is 2. The summed E-state index contributed by atoms with van der Waals surface area (Å²) >= 11 is 5.22. The summed E-state index contributed by atoms with van der Waals surface area (Å²) in [5, 5.41) is 12.5. The van der Waals surface area contributed by atoms with Gasteiger partial charge in [-0.2, -0.15) is 0 Å². The molecule has 19 heavy (non-hydrogen) atoms. The maximum absolute atomic E-state index is 13.7. The van der Waals surface area contributed by atoms with Crippen molar-refractivity contribution in [3.63, 3.8) is 0 Å². The molecule has 0 unspecified atom stereocenters. The molecule has 1 aromatic heterocycles. The van der Waals surface area contributed by atoms with Gasteiger partial charge < -0.3 is 9.94 Å². The first-order chi connectivity index (χ1) is 9.11. The molecule has 0 aliphatic heterocycles. The van der Waals surface area contributed by atoms with Crippen molar-refractivity contribution in [2.24, 2.45) is 0 Å². The summed E-state index contributed by atoms with van der Waals surface area (Å²) in [6, 6.07) is 5.41. The number of ether oxygens (including phenoxy) is 1. The average Bonchev–Trinajstić information content (AvgIpc) is 2.82. The van der Waals surface area contributed by atoms with Gasteiger partial charge in [0.2, 0.25) is 5.88 Å². The van der Waals surface area contributed by atoms with Gasteiger partial charge in [0.05, 0.1) is 11.8 Å². The van der Waals surface area contributed by atoms with Crippen molar-refractivity contribution in [1.29, 1.82) is 0 Å². The average molecular weight is 286 g/mol. The number of aromatic nitrogens is 2. The van der Waals surface area contributed by atoms with E-state index in [1.165, 1.54) is 30.5 Å². The highest BCUT2D eigenvalue weighted by atomic mass is 35.5. The van der Waals surface area contributed by atoms with Gasteiger partial charge in [-0.05, 0) is 12.1 Å². The van der Waals surface area contributed by atoms with E-state index >= 15 is 0 Å². The van der Waals surface area contributed by atoms with Crippen LogP contribution in [0.3, 0.4) is 0 Å². The summed E-state index contributed by atoms with van der Waals surface area (Å²) in [6.45, 7) is -0.219. The van der Waals surface area contributed by atoms with Crippen molar-refractivity contribution in [3.8, 4) is 5.88 Å². The first-order valence-electron chi connectivity index (χ1n) is 5.18. The number of hydrogen-bond acceptors (Lipinski definition) is 4. The molecule has 0 spiro atoms. The van der Waals surface area contributed by atoms with E-state index in [1.54, 1.807) is 0 Å². The molecule has 8 heteroatoms. The number of hydrogen-bond donors (Lipinski definition) is 2. The van der Waals surface area contributed by atoms with Crippen LogP contribution in [0.4, 0.5) is 4.39 Å². The number of carbonyl (C=O) groups excluding carboxylic acids is 1. The summed E-state index contributed by atoms with van der Waals surface area (Å²) in [6.07, 6.45) is 1.25. The van der Waals surface area contributed by atoms with Crippen LogP contribution in [0.1, 0.15) is 15.9 Å². The fraction of sp³-hybridized carbons (Fsp3) is 0.0909. The summed E-state index contributed by atoms with van der Waals surface area (Å²) in [5.74, 6) is -1.13. The van der Waals surface area contributed by atoms with Crippen LogP contribution in [0.2, 0.25) is 0 Å². The number of carbonyl (C=O) groups is 1. The highest BCUT2D eigenvalue weighted by molar-refractivity contribution is 6.24. The first kappa shape index (κ1) is 13.2. The molecule has 100 valence electrons. The molecule has 2 aromatic rings. The van der Waals surface area contributed by atoms with E-state index in [4.69, 9.17) is 21.7 Å². The Balaban J connectivity index is 2.21. The van der Waals surface area contributed by atoms with Gasteiger partial charge in [0, 0.05) is 23.4 Å². The molecular formula is C11H9ClFN3O3. The largest absolute Gasteiger partial charge is 0.472 e. The number of amides is 1. The van der Waals surface area contributed by atoms with Crippen molar-refractivity contribution < 1.29 is 19.1 Å². The Morgan fingerprint density at radius 1 is 1.53 bits per heavy atom. The third kappa shape index (κ3) is 2.94. The monoisotopic (exact) mass is 285 g/mol. The number of benzene rings is 1. The third-order valence-corrected chi connectivity index (χ3v) is 2.54. The van der Waals surface area contributed by atoms with Crippen LogP contribution in [-0.4, -0.2) is 21.1 Å². The number of nitrogens with zero attached hydrogens (tertiary/aromatic N) is 2. The van der Waals surface area contributed by atoms with Gasteiger partial charge in [0.1, 0.15) is 12.4 Å². The fourth-order valence-corrected chi connectivity index (χ4v) is 1.59. The third-order valence-electron chi connectivity index (χ3n) is 2.37. The lowest BCUT2D eigenvalue weighted by atomic mass is 10.1. The van der Waals surface area contributed by atoms with Crippen molar-refractivity contribution in [1.82, 2.24) is 14.8 Å². The minimum atomic E-state index is -0.632. The molecule has 2 N–H and O–H groups in total. The lowest BCUT2D eigenvalue weighted by molar-refractivity contribution is 0.0978. The van der Waals surface area contributed by atoms with Crippen LogP contribution in [-0.2, 0) is 6.61 Å². The van der Waals surface area contributed by atoms with E-state index in [-0.39, 0.29) is 23.6 Å². The van der Waals surface area contributed by atoms with Gasteiger partial charge in [-0.3, -0.25) is 9.63 Å². The Labute approximate surface area is 112 Å². The zero-order chi connectivity index (χ0) is 13.8. The Kier molecular flexibility index (Phi) is 3.86. The molecule has 0 radical (unpaired) electrons. The van der Waals surface area contributed by atoms with Gasteiger partial charge >= 0.3 is 0 Å². The molecule has 1 aromatic carbocycles. The van der Waals surface area contributed by atoms with Crippen LogP contribution in [0.5, 0.6) is 5.88 Å². The Morgan fingerprint density at radius 2 is 2.32 bits per heavy atom. The molecule has 0 saturated heterocycles. The Morgan fingerprint density at radius 3 is 2.95 bits per heavy atom. The topological polar surface area (TPSA) is 76.4 Å². The summed E-state index contributed by atoms with van der Waals surface area (Å²) in [4.78, 5) is 13.9.